The third-order valence-corrected chi connectivity index (χ3v) is 1.72. The smallest absolute Gasteiger partial charge is 0.323 e. The number of aliphatic carboxylic acids is 1. The monoisotopic (exact) mass is 155 g/mol. The number of allylic oxidation sites excluding steroid dienone is 1. The van der Waals surface area contributed by atoms with E-state index >= 15 is 0 Å². The zero-order valence-corrected chi connectivity index (χ0v) is 6.49. The minimum Gasteiger partial charge on any atom is -0.480 e. The molecular weight excluding hydrogens is 142 g/mol. The first-order valence-electron chi connectivity index (χ1n) is 3.91. The molecule has 0 bridgehead atoms. The molecule has 0 fully saturated rings. The van der Waals surface area contributed by atoms with Crippen molar-refractivity contribution in [2.75, 3.05) is 13.1 Å². The summed E-state index contributed by atoms with van der Waals surface area (Å²) in [5.74, 6) is -0.753. The van der Waals surface area contributed by atoms with Crippen LogP contribution in [0.5, 0.6) is 0 Å². The number of carboxylic acids is 1. The quantitative estimate of drug-likeness (QED) is 0.648. The number of carboxylic acid groups (broad SMARTS) is 1. The van der Waals surface area contributed by atoms with E-state index in [2.05, 4.69) is 0 Å². The van der Waals surface area contributed by atoms with Crippen LogP contribution < -0.4 is 0 Å². The molecule has 0 saturated carbocycles. The van der Waals surface area contributed by atoms with Crippen molar-refractivity contribution in [1.29, 1.82) is 0 Å². The molecule has 0 spiro atoms. The standard InChI is InChI=1S/C8H13NO2/c10-8(11)7-9-5-3-1-2-4-6-9/h3,5H,1-2,4,6-7H2,(H,10,11). The van der Waals surface area contributed by atoms with Gasteiger partial charge in [-0.1, -0.05) is 6.08 Å². The fourth-order valence-electron chi connectivity index (χ4n) is 1.18. The van der Waals surface area contributed by atoms with Crippen molar-refractivity contribution in [3.63, 3.8) is 0 Å². The average molecular weight is 155 g/mol. The zero-order valence-electron chi connectivity index (χ0n) is 6.49. The average Bonchev–Trinajstić information content (AvgIpc) is 2.14. The lowest BCUT2D eigenvalue weighted by Gasteiger charge is -2.15. The van der Waals surface area contributed by atoms with Crippen molar-refractivity contribution in [3.05, 3.63) is 12.3 Å². The highest BCUT2D eigenvalue weighted by atomic mass is 16.4. The molecule has 11 heavy (non-hydrogen) atoms. The Bertz CT molecular complexity index is 165. The van der Waals surface area contributed by atoms with E-state index in [0.29, 0.717) is 0 Å². The van der Waals surface area contributed by atoms with Crippen molar-refractivity contribution >= 4 is 5.97 Å². The topological polar surface area (TPSA) is 40.5 Å². The van der Waals surface area contributed by atoms with Crippen LogP contribution in [-0.4, -0.2) is 29.1 Å². The van der Waals surface area contributed by atoms with Gasteiger partial charge < -0.3 is 10.0 Å². The van der Waals surface area contributed by atoms with E-state index in [1.54, 1.807) is 0 Å². The number of rotatable bonds is 2. The Hall–Kier alpha value is -0.990. The second-order valence-electron chi connectivity index (χ2n) is 2.74. The summed E-state index contributed by atoms with van der Waals surface area (Å²) in [6, 6.07) is 0. The molecule has 1 heterocycles. The minimum absolute atomic E-state index is 0.135. The van der Waals surface area contributed by atoms with E-state index in [1.165, 1.54) is 6.42 Å². The first kappa shape index (κ1) is 8.11. The number of hydrogen-bond donors (Lipinski definition) is 1. The summed E-state index contributed by atoms with van der Waals surface area (Å²) in [5.41, 5.74) is 0. The molecule has 0 aromatic heterocycles. The Morgan fingerprint density at radius 3 is 3.09 bits per heavy atom. The zero-order chi connectivity index (χ0) is 8.10. The molecule has 0 unspecified atom stereocenters. The highest BCUT2D eigenvalue weighted by Gasteiger charge is 2.05. The summed E-state index contributed by atoms with van der Waals surface area (Å²) in [6.45, 7) is 1.01. The van der Waals surface area contributed by atoms with Crippen molar-refractivity contribution in [2.45, 2.75) is 19.3 Å². The van der Waals surface area contributed by atoms with E-state index in [1.807, 2.05) is 17.2 Å². The maximum Gasteiger partial charge on any atom is 0.323 e. The molecule has 3 heteroatoms. The highest BCUT2D eigenvalue weighted by Crippen LogP contribution is 2.05. The van der Waals surface area contributed by atoms with Crippen LogP contribution in [0.4, 0.5) is 0 Å². The molecule has 1 aliphatic heterocycles. The van der Waals surface area contributed by atoms with Crippen LogP contribution in [0.2, 0.25) is 0 Å². The summed E-state index contributed by atoms with van der Waals surface area (Å²) in [5, 5.41) is 8.48. The normalized spacial score (nSPS) is 18.0. The van der Waals surface area contributed by atoms with Gasteiger partial charge in [0, 0.05) is 6.54 Å². The number of carbonyl (C=O) groups is 1. The summed E-state index contributed by atoms with van der Waals surface area (Å²) >= 11 is 0. The molecule has 0 atom stereocenters. The number of nitrogens with zero attached hydrogens (tertiary/aromatic N) is 1. The fourth-order valence-corrected chi connectivity index (χ4v) is 1.18. The number of hydrogen-bond acceptors (Lipinski definition) is 2. The van der Waals surface area contributed by atoms with Crippen molar-refractivity contribution < 1.29 is 9.90 Å². The third-order valence-electron chi connectivity index (χ3n) is 1.72. The van der Waals surface area contributed by atoms with Gasteiger partial charge in [0.2, 0.25) is 0 Å². The Labute approximate surface area is 66.3 Å². The molecule has 0 aromatic rings. The van der Waals surface area contributed by atoms with E-state index in [4.69, 9.17) is 5.11 Å². The molecule has 0 aromatic carbocycles. The maximum absolute atomic E-state index is 10.3. The first-order chi connectivity index (χ1) is 5.29. The summed E-state index contributed by atoms with van der Waals surface area (Å²) < 4.78 is 0. The van der Waals surface area contributed by atoms with E-state index in [-0.39, 0.29) is 6.54 Å². The highest BCUT2D eigenvalue weighted by molar-refractivity contribution is 5.69. The van der Waals surface area contributed by atoms with E-state index in [9.17, 15) is 4.79 Å². The van der Waals surface area contributed by atoms with Crippen molar-refractivity contribution in [2.24, 2.45) is 0 Å². The van der Waals surface area contributed by atoms with Gasteiger partial charge in [0.1, 0.15) is 6.54 Å². The molecule has 62 valence electrons. The van der Waals surface area contributed by atoms with Gasteiger partial charge in [-0.25, -0.2) is 0 Å². The van der Waals surface area contributed by atoms with Gasteiger partial charge in [-0.15, -0.1) is 0 Å². The van der Waals surface area contributed by atoms with Crippen LogP contribution in [0, 0.1) is 0 Å². The molecule has 3 nitrogen and oxygen atoms in total. The largest absolute Gasteiger partial charge is 0.480 e. The van der Waals surface area contributed by atoms with Crippen LogP contribution in [0.15, 0.2) is 12.3 Å². The molecule has 0 saturated heterocycles. The van der Waals surface area contributed by atoms with Crippen LogP contribution in [-0.2, 0) is 4.79 Å². The van der Waals surface area contributed by atoms with Crippen LogP contribution in [0.3, 0.4) is 0 Å². The predicted molar refractivity (Wildman–Crippen MR) is 42.2 cm³/mol. The van der Waals surface area contributed by atoms with Gasteiger partial charge in [-0.2, -0.15) is 0 Å². The van der Waals surface area contributed by atoms with Gasteiger partial charge in [0.15, 0.2) is 0 Å². The van der Waals surface area contributed by atoms with Crippen LogP contribution >= 0.6 is 0 Å². The van der Waals surface area contributed by atoms with Crippen LogP contribution in [0.1, 0.15) is 19.3 Å². The van der Waals surface area contributed by atoms with Gasteiger partial charge in [0.05, 0.1) is 0 Å². The second kappa shape index (κ2) is 4.01. The summed E-state index contributed by atoms with van der Waals surface area (Å²) in [4.78, 5) is 12.1. The molecule has 1 rings (SSSR count). The molecule has 0 aliphatic carbocycles. The Morgan fingerprint density at radius 1 is 1.55 bits per heavy atom. The summed E-state index contributed by atoms with van der Waals surface area (Å²) in [7, 11) is 0. The molecular formula is C8H13NO2. The van der Waals surface area contributed by atoms with Crippen LogP contribution in [0.25, 0.3) is 0 Å². The molecule has 1 aliphatic rings. The van der Waals surface area contributed by atoms with E-state index in [0.717, 1.165) is 19.4 Å². The molecule has 1 N–H and O–H groups in total. The Kier molecular flexibility index (Phi) is 2.95. The van der Waals surface area contributed by atoms with Gasteiger partial charge in [-0.05, 0) is 25.5 Å². The summed E-state index contributed by atoms with van der Waals surface area (Å²) in [6.07, 6.45) is 7.28. The molecule has 0 amide bonds. The van der Waals surface area contributed by atoms with Gasteiger partial charge >= 0.3 is 5.97 Å². The lowest BCUT2D eigenvalue weighted by molar-refractivity contribution is -0.137. The third kappa shape index (κ3) is 3.07. The first-order valence-corrected chi connectivity index (χ1v) is 3.91. The second-order valence-corrected chi connectivity index (χ2v) is 2.74. The predicted octanol–water partition coefficient (Wildman–Crippen LogP) is 1.07. The lowest BCUT2D eigenvalue weighted by Crippen LogP contribution is -2.24. The Balaban J connectivity index is 2.36. The SMILES string of the molecule is O=C(O)CN1C=CCCCC1. The molecule has 0 radical (unpaired) electrons. The van der Waals surface area contributed by atoms with Crippen molar-refractivity contribution in [3.8, 4) is 0 Å². The van der Waals surface area contributed by atoms with Crippen molar-refractivity contribution in [1.82, 2.24) is 4.90 Å². The lowest BCUT2D eigenvalue weighted by atomic mass is 10.2. The van der Waals surface area contributed by atoms with Gasteiger partial charge in [-0.3, -0.25) is 4.79 Å². The van der Waals surface area contributed by atoms with E-state index < -0.39 is 5.97 Å². The fraction of sp³-hybridized carbons (Fsp3) is 0.625. The van der Waals surface area contributed by atoms with Gasteiger partial charge in [0.25, 0.3) is 0 Å². The minimum atomic E-state index is -0.753. The maximum atomic E-state index is 10.3. The Morgan fingerprint density at radius 2 is 2.36 bits per heavy atom.